The van der Waals surface area contributed by atoms with Crippen LogP contribution in [0.25, 0.3) is 10.7 Å². The third-order valence-electron chi connectivity index (χ3n) is 3.28. The zero-order valence-corrected chi connectivity index (χ0v) is 14.2. The Morgan fingerprint density at radius 1 is 1.17 bits per heavy atom. The largest absolute Gasteiger partial charge is 0.356 e. The van der Waals surface area contributed by atoms with E-state index in [1.807, 2.05) is 29.0 Å². The summed E-state index contributed by atoms with van der Waals surface area (Å²) in [5.41, 5.74) is 0. The van der Waals surface area contributed by atoms with Crippen molar-refractivity contribution in [1.29, 1.82) is 0 Å². The Bertz CT molecular complexity index is 720. The molecule has 7 heteroatoms. The summed E-state index contributed by atoms with van der Waals surface area (Å²) in [6, 6.07) is 8.02. The van der Waals surface area contributed by atoms with Crippen LogP contribution in [0.1, 0.15) is 23.6 Å². The van der Waals surface area contributed by atoms with E-state index in [1.165, 1.54) is 4.88 Å². The van der Waals surface area contributed by atoms with Crippen LogP contribution in [0.2, 0.25) is 0 Å². The van der Waals surface area contributed by atoms with E-state index in [9.17, 15) is 4.79 Å². The summed E-state index contributed by atoms with van der Waals surface area (Å²) < 4.78 is 5.22. The Morgan fingerprint density at radius 2 is 2.04 bits per heavy atom. The molecule has 23 heavy (non-hydrogen) atoms. The zero-order chi connectivity index (χ0) is 15.9. The van der Waals surface area contributed by atoms with Gasteiger partial charge in [0.05, 0.1) is 4.88 Å². The highest BCUT2D eigenvalue weighted by atomic mass is 32.1. The number of nitrogens with one attached hydrogen (secondary N) is 1. The standard InChI is InChI=1S/C16H17N3O2S2/c20-14(17-9-8-12-4-2-10-22-12)6-1-7-15-18-16(19-21-15)13-5-3-11-23-13/h2-5,10-11H,1,6-9H2,(H,17,20). The Hall–Kier alpha value is -1.99. The summed E-state index contributed by atoms with van der Waals surface area (Å²) in [6.45, 7) is 0.683. The van der Waals surface area contributed by atoms with Gasteiger partial charge in [0.15, 0.2) is 0 Å². The molecule has 0 spiro atoms. The van der Waals surface area contributed by atoms with Crippen LogP contribution >= 0.6 is 22.7 Å². The van der Waals surface area contributed by atoms with Crippen LogP contribution in [0.3, 0.4) is 0 Å². The topological polar surface area (TPSA) is 68.0 Å². The summed E-state index contributed by atoms with van der Waals surface area (Å²) in [6.07, 6.45) is 2.69. The minimum absolute atomic E-state index is 0.0690. The molecular formula is C16H17N3O2S2. The number of rotatable bonds is 8. The van der Waals surface area contributed by atoms with Crippen molar-refractivity contribution in [1.82, 2.24) is 15.5 Å². The highest BCUT2D eigenvalue weighted by Gasteiger charge is 2.10. The van der Waals surface area contributed by atoms with Crippen LogP contribution in [0, 0.1) is 0 Å². The van der Waals surface area contributed by atoms with Crippen molar-refractivity contribution in [3.05, 3.63) is 45.8 Å². The maximum absolute atomic E-state index is 11.8. The number of thiophene rings is 2. The van der Waals surface area contributed by atoms with E-state index in [-0.39, 0.29) is 5.91 Å². The Labute approximate surface area is 142 Å². The number of aryl methyl sites for hydroxylation is 1. The number of hydrogen-bond acceptors (Lipinski definition) is 6. The predicted octanol–water partition coefficient (Wildman–Crippen LogP) is 3.54. The minimum atomic E-state index is 0.0690. The van der Waals surface area contributed by atoms with E-state index in [2.05, 4.69) is 21.5 Å². The molecular weight excluding hydrogens is 330 g/mol. The van der Waals surface area contributed by atoms with Crippen LogP contribution in [-0.4, -0.2) is 22.6 Å². The van der Waals surface area contributed by atoms with Gasteiger partial charge in [-0.25, -0.2) is 0 Å². The number of nitrogens with zero attached hydrogens (tertiary/aromatic N) is 2. The molecule has 3 aromatic heterocycles. The first-order valence-corrected chi connectivity index (χ1v) is 9.23. The van der Waals surface area contributed by atoms with E-state index in [1.54, 1.807) is 22.7 Å². The number of hydrogen-bond donors (Lipinski definition) is 1. The van der Waals surface area contributed by atoms with E-state index >= 15 is 0 Å². The number of amides is 1. The Kier molecular flexibility index (Phi) is 5.55. The van der Waals surface area contributed by atoms with E-state index in [4.69, 9.17) is 4.52 Å². The molecule has 0 aromatic carbocycles. The fourth-order valence-electron chi connectivity index (χ4n) is 2.13. The third kappa shape index (κ3) is 4.74. The van der Waals surface area contributed by atoms with Crippen molar-refractivity contribution in [2.24, 2.45) is 0 Å². The molecule has 0 saturated heterocycles. The highest BCUT2D eigenvalue weighted by molar-refractivity contribution is 7.13. The Morgan fingerprint density at radius 3 is 2.83 bits per heavy atom. The van der Waals surface area contributed by atoms with Crippen LogP contribution in [-0.2, 0) is 17.6 Å². The fourth-order valence-corrected chi connectivity index (χ4v) is 3.49. The summed E-state index contributed by atoms with van der Waals surface area (Å²) in [5.74, 6) is 1.27. The van der Waals surface area contributed by atoms with Crippen molar-refractivity contribution < 1.29 is 9.32 Å². The van der Waals surface area contributed by atoms with Crippen LogP contribution in [0.5, 0.6) is 0 Å². The second-order valence-corrected chi connectivity index (χ2v) is 7.00. The number of aromatic nitrogens is 2. The number of carbonyl (C=O) groups is 1. The average Bonchev–Trinajstić information content (AvgIpc) is 3.29. The van der Waals surface area contributed by atoms with E-state index in [0.29, 0.717) is 37.5 Å². The summed E-state index contributed by atoms with van der Waals surface area (Å²) in [7, 11) is 0. The van der Waals surface area contributed by atoms with Gasteiger partial charge < -0.3 is 9.84 Å². The predicted molar refractivity (Wildman–Crippen MR) is 91.6 cm³/mol. The first-order valence-electron chi connectivity index (χ1n) is 7.47. The molecule has 0 aliphatic heterocycles. The lowest BCUT2D eigenvalue weighted by molar-refractivity contribution is -0.121. The summed E-state index contributed by atoms with van der Waals surface area (Å²) in [4.78, 5) is 18.4. The van der Waals surface area contributed by atoms with Gasteiger partial charge in [-0.3, -0.25) is 4.79 Å². The maximum atomic E-state index is 11.8. The van der Waals surface area contributed by atoms with Gasteiger partial charge in [-0.15, -0.1) is 22.7 Å². The molecule has 120 valence electrons. The van der Waals surface area contributed by atoms with Gasteiger partial charge >= 0.3 is 0 Å². The van der Waals surface area contributed by atoms with Crippen LogP contribution in [0.15, 0.2) is 39.5 Å². The first-order chi connectivity index (χ1) is 11.3. The van der Waals surface area contributed by atoms with Crippen molar-refractivity contribution in [2.75, 3.05) is 6.54 Å². The molecule has 0 aliphatic rings. The SMILES string of the molecule is O=C(CCCc1nc(-c2cccs2)no1)NCCc1cccs1. The van der Waals surface area contributed by atoms with Gasteiger partial charge in [-0.2, -0.15) is 4.98 Å². The molecule has 0 radical (unpaired) electrons. The van der Waals surface area contributed by atoms with Crippen molar-refractivity contribution in [3.8, 4) is 10.7 Å². The highest BCUT2D eigenvalue weighted by Crippen LogP contribution is 2.21. The maximum Gasteiger partial charge on any atom is 0.226 e. The van der Waals surface area contributed by atoms with Gasteiger partial charge in [0.25, 0.3) is 0 Å². The van der Waals surface area contributed by atoms with Gasteiger partial charge in [-0.05, 0) is 35.7 Å². The lowest BCUT2D eigenvalue weighted by atomic mass is 10.2. The molecule has 5 nitrogen and oxygen atoms in total. The molecule has 0 atom stereocenters. The molecule has 0 fully saturated rings. The Balaban J connectivity index is 1.35. The van der Waals surface area contributed by atoms with E-state index in [0.717, 1.165) is 11.3 Å². The number of carbonyl (C=O) groups excluding carboxylic acids is 1. The smallest absolute Gasteiger partial charge is 0.226 e. The van der Waals surface area contributed by atoms with Gasteiger partial charge in [0.2, 0.25) is 17.6 Å². The van der Waals surface area contributed by atoms with Crippen molar-refractivity contribution >= 4 is 28.6 Å². The quantitative estimate of drug-likeness (QED) is 0.677. The van der Waals surface area contributed by atoms with Gasteiger partial charge in [0.1, 0.15) is 0 Å². The van der Waals surface area contributed by atoms with E-state index < -0.39 is 0 Å². The normalized spacial score (nSPS) is 10.8. The van der Waals surface area contributed by atoms with Gasteiger partial charge in [-0.1, -0.05) is 17.3 Å². The average molecular weight is 347 g/mol. The van der Waals surface area contributed by atoms with Crippen molar-refractivity contribution in [2.45, 2.75) is 25.7 Å². The second-order valence-electron chi connectivity index (χ2n) is 5.02. The molecule has 1 amide bonds. The lowest BCUT2D eigenvalue weighted by Crippen LogP contribution is -2.25. The van der Waals surface area contributed by atoms with Crippen LogP contribution < -0.4 is 5.32 Å². The minimum Gasteiger partial charge on any atom is -0.356 e. The molecule has 0 bridgehead atoms. The molecule has 1 N–H and O–H groups in total. The first kappa shape index (κ1) is 15.9. The van der Waals surface area contributed by atoms with Gasteiger partial charge in [0, 0.05) is 24.3 Å². The molecule has 0 saturated carbocycles. The second kappa shape index (κ2) is 8.03. The summed E-state index contributed by atoms with van der Waals surface area (Å²) in [5, 5.41) is 10.9. The third-order valence-corrected chi connectivity index (χ3v) is 5.08. The molecule has 0 unspecified atom stereocenters. The molecule has 3 heterocycles. The van der Waals surface area contributed by atoms with Crippen LogP contribution in [0.4, 0.5) is 0 Å². The lowest BCUT2D eigenvalue weighted by Gasteiger charge is -2.03. The molecule has 0 aliphatic carbocycles. The monoisotopic (exact) mass is 347 g/mol. The summed E-state index contributed by atoms with van der Waals surface area (Å²) >= 11 is 3.29. The molecule has 3 rings (SSSR count). The van der Waals surface area contributed by atoms with Crippen molar-refractivity contribution in [3.63, 3.8) is 0 Å². The molecule has 3 aromatic rings. The fraction of sp³-hybridized carbons (Fsp3) is 0.312. The zero-order valence-electron chi connectivity index (χ0n) is 12.5.